The summed E-state index contributed by atoms with van der Waals surface area (Å²) < 4.78 is 23.1. The van der Waals surface area contributed by atoms with Gasteiger partial charge in [0.05, 0.1) is 4.90 Å². The van der Waals surface area contributed by atoms with Crippen LogP contribution in [0.3, 0.4) is 0 Å². The third-order valence-corrected chi connectivity index (χ3v) is 4.49. The van der Waals surface area contributed by atoms with Crippen LogP contribution in [0.15, 0.2) is 53.4 Å². The van der Waals surface area contributed by atoms with Crippen LogP contribution in [0.25, 0.3) is 0 Å². The minimum atomic E-state index is -3.29. The van der Waals surface area contributed by atoms with Crippen LogP contribution in [0.5, 0.6) is 0 Å². The highest BCUT2D eigenvalue weighted by atomic mass is 32.2. The molecule has 0 spiro atoms. The molecule has 1 amide bonds. The van der Waals surface area contributed by atoms with Crippen molar-refractivity contribution in [1.82, 2.24) is 0 Å². The molecular weight excluding hydrogens is 310 g/mol. The van der Waals surface area contributed by atoms with Crippen LogP contribution in [0.2, 0.25) is 0 Å². The molecule has 2 rings (SSSR count). The number of amides is 1. The molecule has 0 saturated heterocycles. The average molecular weight is 331 g/mol. The Kier molecular flexibility index (Phi) is 5.21. The van der Waals surface area contributed by atoms with E-state index in [1.54, 1.807) is 24.3 Å². The SMILES string of the molecule is CC(C)Cc1ccc(C(=O)Nc2cccc(S(C)(=O)=O)c2)cc1. The van der Waals surface area contributed by atoms with Gasteiger partial charge in [-0.25, -0.2) is 8.42 Å². The number of carbonyl (C=O) groups excluding carboxylic acids is 1. The Hall–Kier alpha value is -2.14. The van der Waals surface area contributed by atoms with E-state index in [-0.39, 0.29) is 10.8 Å². The Bertz CT molecular complexity index is 793. The van der Waals surface area contributed by atoms with E-state index in [9.17, 15) is 13.2 Å². The van der Waals surface area contributed by atoms with E-state index in [0.29, 0.717) is 17.2 Å². The van der Waals surface area contributed by atoms with E-state index in [1.165, 1.54) is 17.7 Å². The van der Waals surface area contributed by atoms with Gasteiger partial charge in [0.25, 0.3) is 5.91 Å². The summed E-state index contributed by atoms with van der Waals surface area (Å²) in [5, 5.41) is 2.73. The molecule has 4 nitrogen and oxygen atoms in total. The van der Waals surface area contributed by atoms with E-state index < -0.39 is 9.84 Å². The Labute approximate surface area is 137 Å². The van der Waals surface area contributed by atoms with Crippen LogP contribution in [0.1, 0.15) is 29.8 Å². The van der Waals surface area contributed by atoms with Crippen molar-refractivity contribution in [2.45, 2.75) is 25.2 Å². The maximum Gasteiger partial charge on any atom is 0.255 e. The lowest BCUT2D eigenvalue weighted by molar-refractivity contribution is 0.102. The predicted molar refractivity (Wildman–Crippen MR) is 92.5 cm³/mol. The number of nitrogens with one attached hydrogen (secondary N) is 1. The largest absolute Gasteiger partial charge is 0.322 e. The normalized spacial score (nSPS) is 11.5. The molecule has 0 saturated carbocycles. The van der Waals surface area contributed by atoms with Crippen molar-refractivity contribution >= 4 is 21.4 Å². The number of sulfone groups is 1. The van der Waals surface area contributed by atoms with Crippen molar-refractivity contribution in [2.24, 2.45) is 5.92 Å². The van der Waals surface area contributed by atoms with E-state index in [1.807, 2.05) is 12.1 Å². The fourth-order valence-electron chi connectivity index (χ4n) is 2.27. The zero-order chi connectivity index (χ0) is 17.0. The molecule has 0 radical (unpaired) electrons. The van der Waals surface area contributed by atoms with E-state index in [2.05, 4.69) is 19.2 Å². The third kappa shape index (κ3) is 4.93. The van der Waals surface area contributed by atoms with Gasteiger partial charge in [0.2, 0.25) is 0 Å². The molecule has 5 heteroatoms. The zero-order valence-corrected chi connectivity index (χ0v) is 14.4. The van der Waals surface area contributed by atoms with Gasteiger partial charge in [-0.1, -0.05) is 32.0 Å². The monoisotopic (exact) mass is 331 g/mol. The fourth-order valence-corrected chi connectivity index (χ4v) is 2.94. The molecular formula is C18H21NO3S. The number of carbonyl (C=O) groups is 1. The summed E-state index contributed by atoms with van der Waals surface area (Å²) in [4.78, 5) is 12.4. The second-order valence-electron chi connectivity index (χ2n) is 6.05. The summed E-state index contributed by atoms with van der Waals surface area (Å²) in [6, 6.07) is 13.7. The summed E-state index contributed by atoms with van der Waals surface area (Å²) in [7, 11) is -3.29. The number of anilines is 1. The van der Waals surface area contributed by atoms with Crippen LogP contribution >= 0.6 is 0 Å². The van der Waals surface area contributed by atoms with Gasteiger partial charge in [-0.05, 0) is 48.2 Å². The first kappa shape index (κ1) is 17.2. The molecule has 0 aliphatic heterocycles. The van der Waals surface area contributed by atoms with Gasteiger partial charge in [-0.2, -0.15) is 0 Å². The molecule has 0 heterocycles. The lowest BCUT2D eigenvalue weighted by Gasteiger charge is -2.08. The Morgan fingerprint density at radius 3 is 2.30 bits per heavy atom. The minimum absolute atomic E-state index is 0.183. The molecule has 0 bridgehead atoms. The van der Waals surface area contributed by atoms with Gasteiger partial charge >= 0.3 is 0 Å². The molecule has 0 aliphatic carbocycles. The maximum absolute atomic E-state index is 12.2. The van der Waals surface area contributed by atoms with Crippen molar-refractivity contribution in [3.05, 3.63) is 59.7 Å². The lowest BCUT2D eigenvalue weighted by atomic mass is 10.0. The molecule has 0 atom stereocenters. The summed E-state index contributed by atoms with van der Waals surface area (Å²) >= 11 is 0. The van der Waals surface area contributed by atoms with Crippen molar-refractivity contribution in [1.29, 1.82) is 0 Å². The quantitative estimate of drug-likeness (QED) is 0.911. The van der Waals surface area contributed by atoms with Crippen LogP contribution in [0, 0.1) is 5.92 Å². The van der Waals surface area contributed by atoms with E-state index in [4.69, 9.17) is 0 Å². The molecule has 0 fully saturated rings. The standard InChI is InChI=1S/C18H21NO3S/c1-13(2)11-14-7-9-15(10-8-14)18(20)19-16-5-4-6-17(12-16)23(3,21)22/h4-10,12-13H,11H2,1-3H3,(H,19,20). The molecule has 1 N–H and O–H groups in total. The molecule has 2 aromatic carbocycles. The molecule has 0 unspecified atom stereocenters. The molecule has 2 aromatic rings. The number of rotatable bonds is 5. The van der Waals surface area contributed by atoms with Crippen LogP contribution in [-0.4, -0.2) is 20.6 Å². The summed E-state index contributed by atoms with van der Waals surface area (Å²) in [5.74, 6) is 0.306. The van der Waals surface area contributed by atoms with Crippen molar-refractivity contribution in [2.75, 3.05) is 11.6 Å². The molecule has 23 heavy (non-hydrogen) atoms. The van der Waals surface area contributed by atoms with Crippen molar-refractivity contribution in [3.8, 4) is 0 Å². The van der Waals surface area contributed by atoms with Crippen LogP contribution in [0.4, 0.5) is 5.69 Å². The fraction of sp³-hybridized carbons (Fsp3) is 0.278. The van der Waals surface area contributed by atoms with E-state index in [0.717, 1.165) is 12.7 Å². The summed E-state index contributed by atoms with van der Waals surface area (Å²) in [6.07, 6.45) is 2.11. The van der Waals surface area contributed by atoms with Gasteiger partial charge in [-0.3, -0.25) is 4.79 Å². The average Bonchev–Trinajstić information content (AvgIpc) is 2.46. The summed E-state index contributed by atoms with van der Waals surface area (Å²) in [6.45, 7) is 4.30. The Balaban J connectivity index is 2.13. The maximum atomic E-state index is 12.2. The minimum Gasteiger partial charge on any atom is -0.322 e. The van der Waals surface area contributed by atoms with Gasteiger partial charge in [-0.15, -0.1) is 0 Å². The zero-order valence-electron chi connectivity index (χ0n) is 13.5. The first-order valence-corrected chi connectivity index (χ1v) is 9.35. The van der Waals surface area contributed by atoms with E-state index >= 15 is 0 Å². The predicted octanol–water partition coefficient (Wildman–Crippen LogP) is 3.54. The Morgan fingerprint density at radius 2 is 1.74 bits per heavy atom. The highest BCUT2D eigenvalue weighted by molar-refractivity contribution is 7.90. The first-order chi connectivity index (χ1) is 10.8. The van der Waals surface area contributed by atoms with Crippen LogP contribution < -0.4 is 5.32 Å². The smallest absolute Gasteiger partial charge is 0.255 e. The number of hydrogen-bond donors (Lipinski definition) is 1. The number of hydrogen-bond acceptors (Lipinski definition) is 3. The molecule has 122 valence electrons. The molecule has 0 aliphatic rings. The van der Waals surface area contributed by atoms with Crippen molar-refractivity contribution in [3.63, 3.8) is 0 Å². The second-order valence-corrected chi connectivity index (χ2v) is 8.06. The first-order valence-electron chi connectivity index (χ1n) is 7.46. The van der Waals surface area contributed by atoms with Gasteiger partial charge in [0, 0.05) is 17.5 Å². The lowest BCUT2D eigenvalue weighted by Crippen LogP contribution is -2.12. The van der Waals surface area contributed by atoms with Gasteiger partial charge in [0.15, 0.2) is 9.84 Å². The third-order valence-electron chi connectivity index (χ3n) is 3.38. The summed E-state index contributed by atoms with van der Waals surface area (Å²) in [5.41, 5.74) is 2.20. The highest BCUT2D eigenvalue weighted by Crippen LogP contribution is 2.17. The van der Waals surface area contributed by atoms with Gasteiger partial charge in [0.1, 0.15) is 0 Å². The topological polar surface area (TPSA) is 63.2 Å². The highest BCUT2D eigenvalue weighted by Gasteiger charge is 2.10. The van der Waals surface area contributed by atoms with Gasteiger partial charge < -0.3 is 5.32 Å². The van der Waals surface area contributed by atoms with Crippen molar-refractivity contribution < 1.29 is 13.2 Å². The van der Waals surface area contributed by atoms with Crippen LogP contribution in [-0.2, 0) is 16.3 Å². The Morgan fingerprint density at radius 1 is 1.09 bits per heavy atom. The number of benzene rings is 2. The second kappa shape index (κ2) is 6.96. The molecule has 0 aromatic heterocycles.